The molecule has 0 aromatic rings. The Kier molecular flexibility index (Phi) is 5.67. The molecule has 0 aromatic heterocycles. The van der Waals surface area contributed by atoms with Crippen LogP contribution in [-0.4, -0.2) is 54.1 Å². The van der Waals surface area contributed by atoms with Crippen LogP contribution >= 0.6 is 0 Å². The van der Waals surface area contributed by atoms with Gasteiger partial charge >= 0.3 is 0 Å². The fourth-order valence-corrected chi connectivity index (χ4v) is 4.15. The molecule has 1 aliphatic heterocycles. The van der Waals surface area contributed by atoms with E-state index in [9.17, 15) is 0 Å². The summed E-state index contributed by atoms with van der Waals surface area (Å²) in [7, 11) is 0. The molecule has 0 radical (unpaired) electrons. The second kappa shape index (κ2) is 7.05. The third-order valence-corrected chi connectivity index (χ3v) is 5.55. The van der Waals surface area contributed by atoms with Crippen LogP contribution in [0.2, 0.25) is 0 Å². The average Bonchev–Trinajstić information content (AvgIpc) is 2.90. The molecule has 2 fully saturated rings. The van der Waals surface area contributed by atoms with Crippen LogP contribution in [-0.2, 0) is 0 Å². The number of nitrogens with zero attached hydrogens (tertiary/aromatic N) is 2. The predicted molar refractivity (Wildman–Crippen MR) is 82.3 cm³/mol. The molecule has 0 spiro atoms. The van der Waals surface area contributed by atoms with Gasteiger partial charge in [0.1, 0.15) is 0 Å². The maximum atomic E-state index is 6.41. The highest BCUT2D eigenvalue weighted by atomic mass is 15.3. The van der Waals surface area contributed by atoms with Gasteiger partial charge in [-0.05, 0) is 44.7 Å². The van der Waals surface area contributed by atoms with Crippen molar-refractivity contribution in [2.75, 3.05) is 26.2 Å². The minimum atomic E-state index is 0.415. The van der Waals surface area contributed by atoms with Crippen LogP contribution in [0.4, 0.5) is 0 Å². The lowest BCUT2D eigenvalue weighted by Gasteiger charge is -2.40. The zero-order valence-electron chi connectivity index (χ0n) is 13.1. The summed E-state index contributed by atoms with van der Waals surface area (Å²) in [5, 5.41) is 0. The molecular formula is C16H33N3. The van der Waals surface area contributed by atoms with Crippen molar-refractivity contribution in [3.05, 3.63) is 0 Å². The molecule has 3 heteroatoms. The molecule has 4 unspecified atom stereocenters. The molecule has 1 aliphatic carbocycles. The maximum Gasteiger partial charge on any atom is 0.0250 e. The molecule has 2 N–H and O–H groups in total. The van der Waals surface area contributed by atoms with Crippen LogP contribution in [0.15, 0.2) is 0 Å². The van der Waals surface area contributed by atoms with Gasteiger partial charge in [0, 0.05) is 31.2 Å². The topological polar surface area (TPSA) is 32.5 Å². The Morgan fingerprint density at radius 3 is 2.47 bits per heavy atom. The molecule has 0 aromatic carbocycles. The zero-order valence-corrected chi connectivity index (χ0v) is 13.1. The quantitative estimate of drug-likeness (QED) is 0.829. The van der Waals surface area contributed by atoms with Crippen molar-refractivity contribution in [1.82, 2.24) is 9.80 Å². The van der Waals surface area contributed by atoms with Crippen molar-refractivity contribution >= 4 is 0 Å². The Balaban J connectivity index is 1.91. The summed E-state index contributed by atoms with van der Waals surface area (Å²) in [5.74, 6) is 0.914. The fourth-order valence-electron chi connectivity index (χ4n) is 4.15. The average molecular weight is 267 g/mol. The lowest BCUT2D eigenvalue weighted by molar-refractivity contribution is 0.121. The first-order valence-electron chi connectivity index (χ1n) is 8.43. The molecule has 4 atom stereocenters. The van der Waals surface area contributed by atoms with E-state index in [2.05, 4.69) is 30.6 Å². The predicted octanol–water partition coefficient (Wildman–Crippen LogP) is 2.31. The lowest BCUT2D eigenvalue weighted by atomic mass is 9.81. The van der Waals surface area contributed by atoms with Crippen molar-refractivity contribution < 1.29 is 0 Å². The van der Waals surface area contributed by atoms with E-state index in [1.807, 2.05) is 0 Å². The van der Waals surface area contributed by atoms with E-state index in [1.165, 1.54) is 58.3 Å². The summed E-state index contributed by atoms with van der Waals surface area (Å²) < 4.78 is 0. The van der Waals surface area contributed by atoms with Crippen molar-refractivity contribution in [2.45, 2.75) is 71.0 Å². The summed E-state index contributed by atoms with van der Waals surface area (Å²) >= 11 is 0. The molecule has 1 heterocycles. The molecular weight excluding hydrogens is 234 g/mol. The van der Waals surface area contributed by atoms with Gasteiger partial charge in [-0.15, -0.1) is 0 Å². The summed E-state index contributed by atoms with van der Waals surface area (Å²) in [5.41, 5.74) is 6.41. The summed E-state index contributed by atoms with van der Waals surface area (Å²) in [6, 6.07) is 1.83. The van der Waals surface area contributed by atoms with Crippen LogP contribution in [0, 0.1) is 5.92 Å². The van der Waals surface area contributed by atoms with Gasteiger partial charge in [0.05, 0.1) is 0 Å². The standard InChI is InChI=1S/C16H33N3/c1-4-13-7-8-15(17)16(11-13)19-10-9-14(12-19)18(5-2)6-3/h13-16H,4-12,17H2,1-3H3. The SMILES string of the molecule is CCC1CCC(N)C(N2CCC(N(CC)CC)C2)C1. The number of nitrogens with two attached hydrogens (primary N) is 1. The third-order valence-electron chi connectivity index (χ3n) is 5.55. The van der Waals surface area contributed by atoms with E-state index in [0.717, 1.165) is 12.0 Å². The van der Waals surface area contributed by atoms with Gasteiger partial charge in [0.25, 0.3) is 0 Å². The number of rotatable bonds is 5. The van der Waals surface area contributed by atoms with E-state index in [0.29, 0.717) is 12.1 Å². The van der Waals surface area contributed by atoms with Crippen molar-refractivity contribution in [1.29, 1.82) is 0 Å². The van der Waals surface area contributed by atoms with Crippen molar-refractivity contribution in [2.24, 2.45) is 11.7 Å². The second-order valence-corrected chi connectivity index (χ2v) is 6.48. The Labute approximate surface area is 119 Å². The van der Waals surface area contributed by atoms with E-state index in [-0.39, 0.29) is 0 Å². The maximum absolute atomic E-state index is 6.41. The van der Waals surface area contributed by atoms with Crippen LogP contribution in [0.1, 0.15) is 52.9 Å². The lowest BCUT2D eigenvalue weighted by Crippen LogP contribution is -2.51. The summed E-state index contributed by atoms with van der Waals surface area (Å²) in [6.45, 7) is 11.8. The van der Waals surface area contributed by atoms with Gasteiger partial charge in [-0.25, -0.2) is 0 Å². The fraction of sp³-hybridized carbons (Fsp3) is 1.00. The summed E-state index contributed by atoms with van der Waals surface area (Å²) in [4.78, 5) is 5.32. The minimum Gasteiger partial charge on any atom is -0.326 e. The van der Waals surface area contributed by atoms with E-state index >= 15 is 0 Å². The van der Waals surface area contributed by atoms with E-state index in [4.69, 9.17) is 5.73 Å². The number of hydrogen-bond donors (Lipinski definition) is 1. The zero-order chi connectivity index (χ0) is 13.8. The van der Waals surface area contributed by atoms with Crippen LogP contribution in [0.5, 0.6) is 0 Å². The highest BCUT2D eigenvalue weighted by Gasteiger charge is 2.36. The molecule has 1 saturated heterocycles. The first-order valence-corrected chi connectivity index (χ1v) is 8.43. The smallest absolute Gasteiger partial charge is 0.0250 e. The van der Waals surface area contributed by atoms with Crippen LogP contribution in [0.3, 0.4) is 0 Å². The Morgan fingerprint density at radius 1 is 1.11 bits per heavy atom. The molecule has 2 aliphatic rings. The molecule has 3 nitrogen and oxygen atoms in total. The Bertz CT molecular complexity index is 265. The van der Waals surface area contributed by atoms with Gasteiger partial charge < -0.3 is 5.73 Å². The molecule has 0 amide bonds. The van der Waals surface area contributed by atoms with E-state index in [1.54, 1.807) is 0 Å². The normalized spacial score (nSPS) is 37.1. The van der Waals surface area contributed by atoms with Crippen molar-refractivity contribution in [3.8, 4) is 0 Å². The first-order chi connectivity index (χ1) is 9.19. The van der Waals surface area contributed by atoms with Crippen LogP contribution in [0.25, 0.3) is 0 Å². The first kappa shape index (κ1) is 15.3. The highest BCUT2D eigenvalue weighted by Crippen LogP contribution is 2.31. The van der Waals surface area contributed by atoms with Crippen LogP contribution < -0.4 is 5.73 Å². The highest BCUT2D eigenvalue weighted by molar-refractivity contribution is 4.94. The van der Waals surface area contributed by atoms with Gasteiger partial charge in [-0.1, -0.05) is 27.2 Å². The molecule has 112 valence electrons. The Morgan fingerprint density at radius 2 is 1.84 bits per heavy atom. The molecule has 19 heavy (non-hydrogen) atoms. The number of likely N-dealkylation sites (tertiary alicyclic amines) is 1. The number of hydrogen-bond acceptors (Lipinski definition) is 3. The molecule has 2 rings (SSSR count). The summed E-state index contributed by atoms with van der Waals surface area (Å²) in [6.07, 6.45) is 6.58. The third kappa shape index (κ3) is 3.50. The largest absolute Gasteiger partial charge is 0.326 e. The molecule has 0 bridgehead atoms. The monoisotopic (exact) mass is 267 g/mol. The van der Waals surface area contributed by atoms with Gasteiger partial charge in [0.15, 0.2) is 0 Å². The van der Waals surface area contributed by atoms with Crippen molar-refractivity contribution in [3.63, 3.8) is 0 Å². The van der Waals surface area contributed by atoms with E-state index < -0.39 is 0 Å². The molecule has 1 saturated carbocycles. The van der Waals surface area contributed by atoms with Gasteiger partial charge in [0.2, 0.25) is 0 Å². The van der Waals surface area contributed by atoms with Gasteiger partial charge in [-0.2, -0.15) is 0 Å². The minimum absolute atomic E-state index is 0.415. The second-order valence-electron chi connectivity index (χ2n) is 6.48. The number of likely N-dealkylation sites (N-methyl/N-ethyl adjacent to an activating group) is 1. The Hall–Kier alpha value is -0.120. The van der Waals surface area contributed by atoms with Gasteiger partial charge in [-0.3, -0.25) is 9.80 Å².